The van der Waals surface area contributed by atoms with Gasteiger partial charge in [0.05, 0.1) is 14.3 Å². The quantitative estimate of drug-likeness (QED) is 0.531. The lowest BCUT2D eigenvalue weighted by Crippen LogP contribution is -2.30. The van der Waals surface area contributed by atoms with E-state index in [-0.39, 0.29) is 0 Å². The molecule has 1 nitrogen and oxygen atoms in total. The second-order valence-electron chi connectivity index (χ2n) is 7.83. The van der Waals surface area contributed by atoms with E-state index in [1.165, 1.54) is 33.5 Å². The Kier molecular flexibility index (Phi) is 4.45. The van der Waals surface area contributed by atoms with Gasteiger partial charge in [0.1, 0.15) is 0 Å². The van der Waals surface area contributed by atoms with Crippen LogP contribution in [0.1, 0.15) is 61.3 Å². The summed E-state index contributed by atoms with van der Waals surface area (Å²) in [4.78, 5) is 0. The minimum Gasteiger partial charge on any atom is -0.303 e. The minimum absolute atomic E-state index is 0.370. The highest BCUT2D eigenvalue weighted by molar-refractivity contribution is 7.01. The molecule has 2 unspecified atom stereocenters. The molecule has 0 aromatic carbocycles. The lowest BCUT2D eigenvalue weighted by molar-refractivity contribution is 0.410. The number of hydrogen-bond donors (Lipinski definition) is 1. The normalized spacial score (nSPS) is 32.7. The molecular formula is C14H31B2N. The zero-order valence-electron chi connectivity index (χ0n) is 13.1. The average molecular weight is 235 g/mol. The molecule has 1 fully saturated rings. The monoisotopic (exact) mass is 235 g/mol. The van der Waals surface area contributed by atoms with Crippen molar-refractivity contribution in [2.75, 3.05) is 0 Å². The smallest absolute Gasteiger partial charge is 0.0938 e. The molecule has 2 atom stereocenters. The Morgan fingerprint density at radius 3 is 2.24 bits per heavy atom. The first-order valence-corrected chi connectivity index (χ1v) is 7.43. The number of nitrogens with one attached hydrogen (secondary N) is 1. The van der Waals surface area contributed by atoms with Crippen molar-refractivity contribution in [3.05, 3.63) is 0 Å². The predicted octanol–water partition coefficient (Wildman–Crippen LogP) is 2.97. The third-order valence-electron chi connectivity index (χ3n) is 4.56. The van der Waals surface area contributed by atoms with Crippen LogP contribution in [0, 0.1) is 5.92 Å². The van der Waals surface area contributed by atoms with E-state index in [4.69, 9.17) is 0 Å². The third-order valence-corrected chi connectivity index (χ3v) is 4.56. The van der Waals surface area contributed by atoms with Crippen LogP contribution in [0.2, 0.25) is 11.6 Å². The Morgan fingerprint density at radius 1 is 1.18 bits per heavy atom. The molecule has 1 aliphatic heterocycles. The van der Waals surface area contributed by atoms with Crippen molar-refractivity contribution in [2.45, 2.75) is 84.0 Å². The second-order valence-corrected chi connectivity index (χ2v) is 7.83. The highest BCUT2D eigenvalue weighted by Crippen LogP contribution is 2.50. The summed E-state index contributed by atoms with van der Waals surface area (Å²) in [5, 5.41) is 4.26. The zero-order valence-corrected chi connectivity index (χ0v) is 13.1. The van der Waals surface area contributed by atoms with Crippen LogP contribution in [-0.4, -0.2) is 25.4 Å². The van der Waals surface area contributed by atoms with Crippen LogP contribution in [0.15, 0.2) is 0 Å². The van der Waals surface area contributed by atoms with Crippen LogP contribution >= 0.6 is 0 Å². The molecule has 0 bridgehead atoms. The first kappa shape index (κ1) is 15.1. The molecule has 0 spiro atoms. The maximum atomic E-state index is 3.79. The van der Waals surface area contributed by atoms with E-state index in [9.17, 15) is 0 Å². The molecule has 17 heavy (non-hydrogen) atoms. The van der Waals surface area contributed by atoms with Crippen molar-refractivity contribution >= 4 is 14.3 Å². The van der Waals surface area contributed by atoms with Crippen LogP contribution in [0.4, 0.5) is 0 Å². The fourth-order valence-corrected chi connectivity index (χ4v) is 3.61. The molecule has 0 amide bonds. The Labute approximate surface area is 110 Å². The molecule has 98 valence electrons. The van der Waals surface area contributed by atoms with Crippen LogP contribution in [0.25, 0.3) is 0 Å². The highest BCUT2D eigenvalue weighted by atomic mass is 15.3. The van der Waals surface area contributed by atoms with Gasteiger partial charge in [-0.15, -0.1) is 0 Å². The van der Waals surface area contributed by atoms with E-state index >= 15 is 0 Å². The van der Waals surface area contributed by atoms with Gasteiger partial charge in [-0.2, -0.15) is 0 Å². The summed E-state index contributed by atoms with van der Waals surface area (Å²) in [6, 6.07) is 0. The molecule has 3 heteroatoms. The van der Waals surface area contributed by atoms with Crippen LogP contribution in [-0.2, 0) is 0 Å². The predicted molar refractivity (Wildman–Crippen MR) is 82.8 cm³/mol. The van der Waals surface area contributed by atoms with Gasteiger partial charge in [0, 0.05) is 11.1 Å². The zero-order chi connectivity index (χ0) is 13.3. The molecule has 0 aliphatic carbocycles. The fourth-order valence-electron chi connectivity index (χ4n) is 3.61. The van der Waals surface area contributed by atoms with E-state index in [0.29, 0.717) is 16.4 Å². The summed E-state index contributed by atoms with van der Waals surface area (Å²) < 4.78 is 0. The Hall–Kier alpha value is 0.0899. The summed E-state index contributed by atoms with van der Waals surface area (Å²) >= 11 is 0. The van der Waals surface area contributed by atoms with E-state index in [0.717, 1.165) is 5.92 Å². The molecule has 0 aromatic heterocycles. The van der Waals surface area contributed by atoms with Gasteiger partial charge in [-0.1, -0.05) is 46.3 Å². The first-order valence-electron chi connectivity index (χ1n) is 7.43. The number of rotatable bonds is 7. The molecule has 1 rings (SSSR count). The maximum absolute atomic E-state index is 3.79. The average Bonchev–Trinajstić information content (AvgIpc) is 2.61. The lowest BCUT2D eigenvalue weighted by atomic mass is 9.27. The van der Waals surface area contributed by atoms with Crippen molar-refractivity contribution in [3.63, 3.8) is 0 Å². The van der Waals surface area contributed by atoms with Crippen molar-refractivity contribution < 1.29 is 0 Å². The lowest BCUT2D eigenvalue weighted by Gasteiger charge is -2.29. The summed E-state index contributed by atoms with van der Waals surface area (Å²) in [6.07, 6.45) is 3.92. The Morgan fingerprint density at radius 2 is 1.76 bits per heavy atom. The van der Waals surface area contributed by atoms with E-state index < -0.39 is 0 Å². The van der Waals surface area contributed by atoms with Gasteiger partial charge in [-0.05, 0) is 32.6 Å². The summed E-state index contributed by atoms with van der Waals surface area (Å²) in [6.45, 7) is 16.6. The van der Waals surface area contributed by atoms with E-state index in [1.807, 2.05) is 0 Å². The second kappa shape index (κ2) is 4.99. The maximum Gasteiger partial charge on any atom is 0.0938 e. The van der Waals surface area contributed by atoms with Gasteiger partial charge in [-0.25, -0.2) is 0 Å². The molecule has 1 heterocycles. The van der Waals surface area contributed by atoms with Gasteiger partial charge in [0.15, 0.2) is 0 Å². The Bertz CT molecular complexity index is 265. The molecule has 0 aromatic rings. The molecule has 1 aliphatic rings. The summed E-state index contributed by atoms with van der Waals surface area (Å²) in [7, 11) is 2.72. The highest BCUT2D eigenvalue weighted by Gasteiger charge is 2.60. The number of hydrogen-bond acceptors (Lipinski definition) is 1. The van der Waals surface area contributed by atoms with Gasteiger partial charge in [-0.3, -0.25) is 0 Å². The SMILES string of the molecule is CCBBC(C)(C)CC1(C)NC1(C)CC(C)C. The van der Waals surface area contributed by atoms with Crippen LogP contribution in [0.3, 0.4) is 0 Å². The van der Waals surface area contributed by atoms with E-state index in [2.05, 4.69) is 53.8 Å². The molecular weight excluding hydrogens is 204 g/mol. The topological polar surface area (TPSA) is 21.9 Å². The molecule has 1 N–H and O–H groups in total. The molecule has 1 saturated heterocycles. The first-order chi connectivity index (χ1) is 7.64. The standard InChI is InChI=1S/C14H31B2N/c1-8-15-16-12(4,5)10-14(7)13(6,17-14)9-11(2)3/h11,15-17H,8-10H2,1-7H3. The van der Waals surface area contributed by atoms with Gasteiger partial charge < -0.3 is 5.32 Å². The van der Waals surface area contributed by atoms with Gasteiger partial charge >= 0.3 is 0 Å². The van der Waals surface area contributed by atoms with E-state index in [1.54, 1.807) is 0 Å². The van der Waals surface area contributed by atoms with Crippen LogP contribution < -0.4 is 5.32 Å². The summed E-state index contributed by atoms with van der Waals surface area (Å²) in [5.41, 5.74) is 0.749. The van der Waals surface area contributed by atoms with Crippen LogP contribution in [0.5, 0.6) is 0 Å². The van der Waals surface area contributed by atoms with Crippen molar-refractivity contribution in [2.24, 2.45) is 5.92 Å². The Balaban J connectivity index is 2.52. The van der Waals surface area contributed by atoms with Gasteiger partial charge in [0.2, 0.25) is 0 Å². The minimum atomic E-state index is 0.370. The molecule has 0 radical (unpaired) electrons. The van der Waals surface area contributed by atoms with Crippen molar-refractivity contribution in [1.29, 1.82) is 0 Å². The van der Waals surface area contributed by atoms with Crippen molar-refractivity contribution in [3.8, 4) is 0 Å². The molecule has 0 saturated carbocycles. The van der Waals surface area contributed by atoms with Crippen molar-refractivity contribution in [1.82, 2.24) is 5.32 Å². The summed E-state index contributed by atoms with van der Waals surface area (Å²) in [5.74, 6) is 0.785. The fraction of sp³-hybridized carbons (Fsp3) is 1.00. The third kappa shape index (κ3) is 3.77. The largest absolute Gasteiger partial charge is 0.303 e. The van der Waals surface area contributed by atoms with Gasteiger partial charge in [0.25, 0.3) is 0 Å².